The third kappa shape index (κ3) is 2.58. The first kappa shape index (κ1) is 11.5. The van der Waals surface area contributed by atoms with Gasteiger partial charge in [-0.15, -0.1) is 0 Å². The number of hydrogen-bond acceptors (Lipinski definition) is 5. The fourth-order valence-corrected chi connectivity index (χ4v) is 1.28. The number of pyridine rings is 1. The van der Waals surface area contributed by atoms with Crippen molar-refractivity contribution in [1.29, 1.82) is 0 Å². The quantitative estimate of drug-likeness (QED) is 0.598. The SMILES string of the molecule is OC(O)c1cc(-c2cc(F)nc(F)c2)ncn1. The van der Waals surface area contributed by atoms with Crippen molar-refractivity contribution < 1.29 is 19.0 Å². The maximum Gasteiger partial charge on any atom is 0.216 e. The number of aliphatic hydroxyl groups is 2. The van der Waals surface area contributed by atoms with Crippen LogP contribution in [-0.2, 0) is 0 Å². The zero-order valence-electron chi connectivity index (χ0n) is 8.38. The van der Waals surface area contributed by atoms with Crippen molar-refractivity contribution in [3.05, 3.63) is 42.1 Å². The lowest BCUT2D eigenvalue weighted by Gasteiger charge is -2.05. The Bertz CT molecular complexity index is 529. The molecule has 17 heavy (non-hydrogen) atoms. The summed E-state index contributed by atoms with van der Waals surface area (Å²) >= 11 is 0. The molecule has 0 aliphatic rings. The molecule has 0 unspecified atom stereocenters. The van der Waals surface area contributed by atoms with E-state index in [1.807, 2.05) is 0 Å². The van der Waals surface area contributed by atoms with E-state index in [4.69, 9.17) is 10.2 Å². The summed E-state index contributed by atoms with van der Waals surface area (Å²) in [6, 6.07) is 3.19. The average molecular weight is 239 g/mol. The molecule has 0 amide bonds. The zero-order valence-corrected chi connectivity index (χ0v) is 8.38. The molecule has 0 bridgehead atoms. The first-order valence-electron chi connectivity index (χ1n) is 4.58. The van der Waals surface area contributed by atoms with Crippen molar-refractivity contribution in [2.45, 2.75) is 6.29 Å². The standard InChI is InChI=1S/C10H7F2N3O2/c11-8-1-5(2-9(12)15-8)6-3-7(10(16)17)14-4-13-6/h1-4,10,16-17H. The largest absolute Gasteiger partial charge is 0.363 e. The van der Waals surface area contributed by atoms with Crippen molar-refractivity contribution in [2.75, 3.05) is 0 Å². The van der Waals surface area contributed by atoms with Crippen molar-refractivity contribution in [3.8, 4) is 11.3 Å². The van der Waals surface area contributed by atoms with Crippen molar-refractivity contribution >= 4 is 0 Å². The number of aliphatic hydroxyl groups excluding tert-OH is 1. The van der Waals surface area contributed by atoms with Crippen LogP contribution >= 0.6 is 0 Å². The van der Waals surface area contributed by atoms with Gasteiger partial charge in [0.1, 0.15) is 6.33 Å². The van der Waals surface area contributed by atoms with Gasteiger partial charge in [0, 0.05) is 17.7 Å². The van der Waals surface area contributed by atoms with Crippen LogP contribution in [-0.4, -0.2) is 25.2 Å². The monoisotopic (exact) mass is 239 g/mol. The van der Waals surface area contributed by atoms with Crippen LogP contribution in [0.4, 0.5) is 8.78 Å². The predicted octanol–water partition coefficient (Wildman–Crippen LogP) is 0.800. The number of halogens is 2. The van der Waals surface area contributed by atoms with Gasteiger partial charge < -0.3 is 10.2 Å². The van der Waals surface area contributed by atoms with Gasteiger partial charge in [0.2, 0.25) is 11.9 Å². The Morgan fingerprint density at radius 1 is 1.00 bits per heavy atom. The van der Waals surface area contributed by atoms with E-state index in [1.54, 1.807) is 0 Å². The maximum absolute atomic E-state index is 12.9. The third-order valence-electron chi connectivity index (χ3n) is 2.01. The van der Waals surface area contributed by atoms with E-state index in [-0.39, 0.29) is 17.0 Å². The molecule has 0 aliphatic heterocycles. The summed E-state index contributed by atoms with van der Waals surface area (Å²) in [5.41, 5.74) is 0.246. The fraction of sp³-hybridized carbons (Fsp3) is 0.100. The minimum absolute atomic E-state index is 0.0624. The molecular weight excluding hydrogens is 232 g/mol. The molecule has 88 valence electrons. The van der Waals surface area contributed by atoms with E-state index in [0.717, 1.165) is 18.5 Å². The van der Waals surface area contributed by atoms with Crippen LogP contribution in [0.25, 0.3) is 11.3 Å². The summed E-state index contributed by atoms with van der Waals surface area (Å²) in [5.74, 6) is -1.96. The molecule has 0 saturated heterocycles. The molecule has 2 aromatic heterocycles. The normalized spacial score (nSPS) is 10.9. The van der Waals surface area contributed by atoms with Crippen LogP contribution < -0.4 is 0 Å². The Labute approximate surface area is 94.4 Å². The van der Waals surface area contributed by atoms with Gasteiger partial charge >= 0.3 is 0 Å². The summed E-state index contributed by atoms with van der Waals surface area (Å²) in [5, 5.41) is 17.8. The summed E-state index contributed by atoms with van der Waals surface area (Å²) < 4.78 is 25.8. The Morgan fingerprint density at radius 2 is 1.65 bits per heavy atom. The van der Waals surface area contributed by atoms with Crippen LogP contribution in [0.15, 0.2) is 24.5 Å². The van der Waals surface area contributed by atoms with Gasteiger partial charge in [0.05, 0.1) is 11.4 Å². The second kappa shape index (κ2) is 4.48. The third-order valence-corrected chi connectivity index (χ3v) is 2.01. The summed E-state index contributed by atoms with van der Waals surface area (Å²) in [7, 11) is 0. The first-order valence-corrected chi connectivity index (χ1v) is 4.58. The van der Waals surface area contributed by atoms with Gasteiger partial charge in [-0.05, 0) is 6.07 Å². The van der Waals surface area contributed by atoms with Crippen molar-refractivity contribution in [1.82, 2.24) is 15.0 Å². The molecular formula is C10H7F2N3O2. The second-order valence-electron chi connectivity index (χ2n) is 3.20. The second-order valence-corrected chi connectivity index (χ2v) is 3.20. The van der Waals surface area contributed by atoms with Crippen LogP contribution in [0.3, 0.4) is 0 Å². The van der Waals surface area contributed by atoms with E-state index in [0.29, 0.717) is 0 Å². The van der Waals surface area contributed by atoms with Gasteiger partial charge in [-0.1, -0.05) is 0 Å². The van der Waals surface area contributed by atoms with E-state index < -0.39 is 18.2 Å². The molecule has 0 atom stereocenters. The zero-order chi connectivity index (χ0) is 12.4. The molecule has 2 aromatic rings. The minimum Gasteiger partial charge on any atom is -0.363 e. The van der Waals surface area contributed by atoms with E-state index >= 15 is 0 Å². The van der Waals surface area contributed by atoms with E-state index in [2.05, 4.69) is 15.0 Å². The lowest BCUT2D eigenvalue weighted by atomic mass is 10.1. The van der Waals surface area contributed by atoms with Crippen molar-refractivity contribution in [3.63, 3.8) is 0 Å². The number of hydrogen-bond donors (Lipinski definition) is 2. The molecule has 0 spiro atoms. The highest BCUT2D eigenvalue weighted by molar-refractivity contribution is 5.58. The Hall–Kier alpha value is -1.99. The van der Waals surface area contributed by atoms with Gasteiger partial charge in [0.15, 0.2) is 6.29 Å². The van der Waals surface area contributed by atoms with Gasteiger partial charge in [-0.2, -0.15) is 13.8 Å². The molecule has 2 N–H and O–H groups in total. The van der Waals surface area contributed by atoms with E-state index in [9.17, 15) is 8.78 Å². The van der Waals surface area contributed by atoms with Crippen LogP contribution in [0.1, 0.15) is 12.0 Å². The topological polar surface area (TPSA) is 79.1 Å². The number of aromatic nitrogens is 3. The number of rotatable bonds is 2. The molecule has 5 nitrogen and oxygen atoms in total. The van der Waals surface area contributed by atoms with Crippen LogP contribution in [0.2, 0.25) is 0 Å². The summed E-state index contributed by atoms with van der Waals surface area (Å²) in [6.45, 7) is 0. The van der Waals surface area contributed by atoms with Gasteiger partial charge in [-0.3, -0.25) is 0 Å². The van der Waals surface area contributed by atoms with E-state index in [1.165, 1.54) is 6.07 Å². The van der Waals surface area contributed by atoms with Gasteiger partial charge in [0.25, 0.3) is 0 Å². The molecule has 0 radical (unpaired) electrons. The fourth-order valence-electron chi connectivity index (χ4n) is 1.28. The lowest BCUT2D eigenvalue weighted by molar-refractivity contribution is -0.0458. The highest BCUT2D eigenvalue weighted by atomic mass is 19.1. The average Bonchev–Trinajstić information content (AvgIpc) is 2.28. The molecule has 0 saturated carbocycles. The van der Waals surface area contributed by atoms with Crippen LogP contribution in [0, 0.1) is 11.9 Å². The summed E-state index contributed by atoms with van der Waals surface area (Å²) in [6.07, 6.45) is -0.700. The molecule has 0 fully saturated rings. The minimum atomic E-state index is -1.77. The molecule has 0 aromatic carbocycles. The molecule has 2 rings (SSSR count). The highest BCUT2D eigenvalue weighted by Crippen LogP contribution is 2.19. The Kier molecular flexibility index (Phi) is 3.03. The summed E-state index contributed by atoms with van der Waals surface area (Å²) in [4.78, 5) is 10.3. The Morgan fingerprint density at radius 3 is 2.24 bits per heavy atom. The predicted molar refractivity (Wildman–Crippen MR) is 52.4 cm³/mol. The van der Waals surface area contributed by atoms with Crippen molar-refractivity contribution in [2.24, 2.45) is 0 Å². The van der Waals surface area contributed by atoms with Gasteiger partial charge in [-0.25, -0.2) is 9.97 Å². The smallest absolute Gasteiger partial charge is 0.216 e. The molecule has 7 heteroatoms. The molecule has 0 aliphatic carbocycles. The number of nitrogens with zero attached hydrogens (tertiary/aromatic N) is 3. The highest BCUT2D eigenvalue weighted by Gasteiger charge is 2.09. The molecule has 2 heterocycles. The lowest BCUT2D eigenvalue weighted by Crippen LogP contribution is -2.00. The van der Waals surface area contributed by atoms with Crippen LogP contribution in [0.5, 0.6) is 0 Å². The Balaban J connectivity index is 2.49. The maximum atomic E-state index is 12.9. The first-order chi connectivity index (χ1) is 8.06.